The van der Waals surface area contributed by atoms with Crippen LogP contribution < -0.4 is 5.73 Å². The lowest BCUT2D eigenvalue weighted by Gasteiger charge is -2.01. The first-order valence-electron chi connectivity index (χ1n) is 5.01. The zero-order valence-corrected chi connectivity index (χ0v) is 9.48. The number of nitrogens with two attached hydrogens (primary N) is 1. The van der Waals surface area contributed by atoms with Crippen molar-refractivity contribution < 1.29 is 9.63 Å². The van der Waals surface area contributed by atoms with E-state index in [1.54, 1.807) is 11.3 Å². The van der Waals surface area contributed by atoms with E-state index in [9.17, 15) is 0 Å². The Balaban J connectivity index is 2.02. The van der Waals surface area contributed by atoms with Crippen molar-refractivity contribution in [2.45, 2.75) is 18.9 Å². The van der Waals surface area contributed by atoms with Crippen LogP contribution in [0.4, 0.5) is 0 Å². The third kappa shape index (κ3) is 2.66. The second-order valence-corrected chi connectivity index (χ2v) is 4.46. The van der Waals surface area contributed by atoms with E-state index in [0.717, 1.165) is 0 Å². The molecule has 86 valence electrons. The minimum absolute atomic E-state index is 0.0177. The lowest BCUT2D eigenvalue weighted by Crippen LogP contribution is -2.12. The van der Waals surface area contributed by atoms with Crippen molar-refractivity contribution in [3.8, 4) is 0 Å². The van der Waals surface area contributed by atoms with E-state index >= 15 is 0 Å². The summed E-state index contributed by atoms with van der Waals surface area (Å²) in [6.45, 7) is 0.0177. The molecule has 1 atom stereocenters. The van der Waals surface area contributed by atoms with Gasteiger partial charge in [-0.2, -0.15) is 4.98 Å². The maximum absolute atomic E-state index is 8.74. The fourth-order valence-corrected chi connectivity index (χ4v) is 2.02. The van der Waals surface area contributed by atoms with Gasteiger partial charge in [0.05, 0.1) is 6.04 Å². The van der Waals surface area contributed by atoms with Crippen LogP contribution in [0, 0.1) is 0 Å². The van der Waals surface area contributed by atoms with Crippen LogP contribution in [0.1, 0.15) is 29.1 Å². The normalized spacial score (nSPS) is 12.9. The van der Waals surface area contributed by atoms with Crippen molar-refractivity contribution in [3.05, 3.63) is 34.1 Å². The average molecular weight is 239 g/mol. The summed E-state index contributed by atoms with van der Waals surface area (Å²) in [7, 11) is 0. The van der Waals surface area contributed by atoms with Gasteiger partial charge in [-0.15, -0.1) is 11.3 Å². The number of aromatic nitrogens is 2. The first-order valence-corrected chi connectivity index (χ1v) is 5.89. The van der Waals surface area contributed by atoms with Crippen LogP contribution in [0.25, 0.3) is 0 Å². The second kappa shape index (κ2) is 5.20. The number of thiophene rings is 1. The molecule has 0 aliphatic rings. The Morgan fingerprint density at radius 1 is 1.56 bits per heavy atom. The van der Waals surface area contributed by atoms with Crippen molar-refractivity contribution in [2.24, 2.45) is 5.73 Å². The minimum atomic E-state index is -0.380. The molecule has 0 aliphatic carbocycles. The van der Waals surface area contributed by atoms with E-state index in [1.807, 2.05) is 17.5 Å². The van der Waals surface area contributed by atoms with Crippen LogP contribution in [0.2, 0.25) is 0 Å². The number of nitrogens with zero attached hydrogens (tertiary/aromatic N) is 2. The number of hydrogen-bond donors (Lipinski definition) is 2. The predicted octanol–water partition coefficient (Wildman–Crippen LogP) is 1.10. The summed E-state index contributed by atoms with van der Waals surface area (Å²) in [5.41, 5.74) is 5.74. The summed E-state index contributed by atoms with van der Waals surface area (Å²) in [5, 5.41) is 14.6. The Bertz CT molecular complexity index is 427. The predicted molar refractivity (Wildman–Crippen MR) is 60.1 cm³/mol. The van der Waals surface area contributed by atoms with E-state index in [2.05, 4.69) is 10.1 Å². The van der Waals surface area contributed by atoms with Gasteiger partial charge in [0, 0.05) is 17.9 Å². The van der Waals surface area contributed by atoms with Crippen LogP contribution >= 0.6 is 11.3 Å². The van der Waals surface area contributed by atoms with Crippen molar-refractivity contribution in [1.29, 1.82) is 0 Å². The summed E-state index contributed by atoms with van der Waals surface area (Å²) in [4.78, 5) is 5.38. The number of hydrogen-bond acceptors (Lipinski definition) is 6. The summed E-state index contributed by atoms with van der Waals surface area (Å²) in [6.07, 6.45) is 1.09. The highest BCUT2D eigenvalue weighted by molar-refractivity contribution is 7.09. The van der Waals surface area contributed by atoms with Crippen molar-refractivity contribution in [1.82, 2.24) is 10.1 Å². The lowest BCUT2D eigenvalue weighted by molar-refractivity contribution is 0.259. The number of aliphatic hydroxyl groups is 1. The van der Waals surface area contributed by atoms with Crippen molar-refractivity contribution in [2.75, 3.05) is 6.61 Å². The van der Waals surface area contributed by atoms with Gasteiger partial charge in [0.1, 0.15) is 0 Å². The highest BCUT2D eigenvalue weighted by atomic mass is 32.1. The molecule has 16 heavy (non-hydrogen) atoms. The zero-order valence-electron chi connectivity index (χ0n) is 8.67. The van der Waals surface area contributed by atoms with Gasteiger partial charge in [0.15, 0.2) is 5.82 Å². The third-order valence-corrected chi connectivity index (χ3v) is 3.03. The molecular weight excluding hydrogens is 226 g/mol. The molecule has 5 nitrogen and oxygen atoms in total. The lowest BCUT2D eigenvalue weighted by atomic mass is 10.2. The van der Waals surface area contributed by atoms with Crippen LogP contribution in [0.3, 0.4) is 0 Å². The molecule has 0 saturated carbocycles. The standard InChI is InChI=1S/C10H13N3O2S/c11-8(3-4-14)10-12-9(13-15-10)6-7-2-1-5-16-7/h1-2,5,8,14H,3-4,6,11H2. The molecule has 0 aliphatic heterocycles. The Morgan fingerprint density at radius 2 is 2.44 bits per heavy atom. The molecule has 2 rings (SSSR count). The smallest absolute Gasteiger partial charge is 0.243 e. The maximum atomic E-state index is 8.74. The molecule has 2 aromatic heterocycles. The first-order chi connectivity index (χ1) is 7.79. The average Bonchev–Trinajstić information content (AvgIpc) is 2.90. The van der Waals surface area contributed by atoms with Crippen LogP contribution in [-0.2, 0) is 6.42 Å². The summed E-state index contributed by atoms with van der Waals surface area (Å²) in [6, 6.07) is 3.63. The van der Waals surface area contributed by atoms with E-state index in [1.165, 1.54) is 4.88 Å². The van der Waals surface area contributed by atoms with Gasteiger partial charge in [-0.05, 0) is 17.9 Å². The topological polar surface area (TPSA) is 85.2 Å². The molecule has 0 saturated heterocycles. The summed E-state index contributed by atoms with van der Waals surface area (Å²) >= 11 is 1.65. The first kappa shape index (κ1) is 11.3. The van der Waals surface area contributed by atoms with E-state index in [-0.39, 0.29) is 12.6 Å². The molecule has 0 amide bonds. The molecule has 2 aromatic rings. The second-order valence-electron chi connectivity index (χ2n) is 3.42. The van der Waals surface area contributed by atoms with Gasteiger partial charge in [0.2, 0.25) is 5.89 Å². The number of aliphatic hydroxyl groups excluding tert-OH is 1. The highest BCUT2D eigenvalue weighted by Crippen LogP contribution is 2.15. The molecule has 1 unspecified atom stereocenters. The summed E-state index contributed by atoms with van der Waals surface area (Å²) < 4.78 is 5.04. The molecule has 0 bridgehead atoms. The largest absolute Gasteiger partial charge is 0.396 e. The molecule has 0 fully saturated rings. The highest BCUT2D eigenvalue weighted by Gasteiger charge is 2.14. The van der Waals surface area contributed by atoms with E-state index in [4.69, 9.17) is 15.4 Å². The minimum Gasteiger partial charge on any atom is -0.396 e. The van der Waals surface area contributed by atoms with Crippen LogP contribution in [-0.4, -0.2) is 21.9 Å². The molecule has 0 aromatic carbocycles. The van der Waals surface area contributed by atoms with E-state index < -0.39 is 0 Å². The van der Waals surface area contributed by atoms with Crippen LogP contribution in [0.5, 0.6) is 0 Å². The maximum Gasteiger partial charge on any atom is 0.243 e. The quantitative estimate of drug-likeness (QED) is 0.816. The molecule has 2 heterocycles. The summed E-state index contributed by atoms with van der Waals surface area (Å²) in [5.74, 6) is 1.02. The van der Waals surface area contributed by atoms with Gasteiger partial charge < -0.3 is 15.4 Å². The SMILES string of the molecule is NC(CCO)c1nc(Cc2cccs2)no1. The van der Waals surface area contributed by atoms with E-state index in [0.29, 0.717) is 24.6 Å². The molecule has 3 N–H and O–H groups in total. The van der Waals surface area contributed by atoms with Gasteiger partial charge in [-0.3, -0.25) is 0 Å². The fraction of sp³-hybridized carbons (Fsp3) is 0.400. The van der Waals surface area contributed by atoms with Gasteiger partial charge in [-0.25, -0.2) is 0 Å². The number of rotatable bonds is 5. The molecule has 0 spiro atoms. The Labute approximate surface area is 96.9 Å². The molecular formula is C10H13N3O2S. The zero-order chi connectivity index (χ0) is 11.4. The van der Waals surface area contributed by atoms with Crippen molar-refractivity contribution >= 4 is 11.3 Å². The molecule has 0 radical (unpaired) electrons. The molecule has 6 heteroatoms. The fourth-order valence-electron chi connectivity index (χ4n) is 1.32. The Morgan fingerprint density at radius 3 is 3.12 bits per heavy atom. The Kier molecular flexibility index (Phi) is 3.66. The third-order valence-electron chi connectivity index (χ3n) is 2.15. The van der Waals surface area contributed by atoms with Crippen LogP contribution in [0.15, 0.2) is 22.0 Å². The van der Waals surface area contributed by atoms with Crippen molar-refractivity contribution in [3.63, 3.8) is 0 Å². The van der Waals surface area contributed by atoms with Gasteiger partial charge in [0.25, 0.3) is 0 Å². The monoisotopic (exact) mass is 239 g/mol. The van der Waals surface area contributed by atoms with Gasteiger partial charge in [-0.1, -0.05) is 11.2 Å². The Hall–Kier alpha value is -1.24. The van der Waals surface area contributed by atoms with Gasteiger partial charge >= 0.3 is 0 Å².